The van der Waals surface area contributed by atoms with Crippen molar-refractivity contribution in [1.29, 1.82) is 0 Å². The molecule has 2 aliphatic heterocycles. The van der Waals surface area contributed by atoms with E-state index in [1.165, 1.54) is 12.4 Å². The maximum absolute atomic E-state index is 13.6. The second-order valence-electron chi connectivity index (χ2n) is 14.7. The number of hydrogen-bond acceptors (Lipinski definition) is 8. The van der Waals surface area contributed by atoms with Crippen molar-refractivity contribution in [3.05, 3.63) is 81.6 Å². The topological polar surface area (TPSA) is 145 Å². The van der Waals surface area contributed by atoms with Crippen molar-refractivity contribution in [1.82, 2.24) is 34.1 Å². The number of halogens is 1. The van der Waals surface area contributed by atoms with E-state index in [4.69, 9.17) is 21.4 Å². The molecule has 0 bridgehead atoms. The Morgan fingerprint density at radius 3 is 2.53 bits per heavy atom. The lowest BCUT2D eigenvalue weighted by Gasteiger charge is -2.37. The van der Waals surface area contributed by atoms with Gasteiger partial charge in [0.15, 0.2) is 0 Å². The van der Waals surface area contributed by atoms with Crippen LogP contribution in [0.2, 0.25) is 5.02 Å². The first kappa shape index (κ1) is 35.0. The third-order valence-corrected chi connectivity index (χ3v) is 11.6. The fraction of sp³-hybridized carbons (Fsp3) is 0.436. The molecule has 3 aliphatic rings. The Morgan fingerprint density at radius 2 is 1.79 bits per heavy atom. The van der Waals surface area contributed by atoms with Gasteiger partial charge in [0.25, 0.3) is 5.91 Å². The molecule has 1 unspecified atom stereocenters. The van der Waals surface area contributed by atoms with Crippen molar-refractivity contribution in [2.24, 2.45) is 13.0 Å². The minimum atomic E-state index is -0.722. The lowest BCUT2D eigenvalue weighted by atomic mass is 9.84. The highest BCUT2D eigenvalue weighted by molar-refractivity contribution is 6.30. The van der Waals surface area contributed by atoms with Gasteiger partial charge in [-0.1, -0.05) is 11.6 Å². The number of amides is 3. The summed E-state index contributed by atoms with van der Waals surface area (Å²) in [5.41, 5.74) is 4.26. The van der Waals surface area contributed by atoms with Gasteiger partial charge < -0.3 is 15.0 Å². The first-order valence-electron chi connectivity index (χ1n) is 18.4. The molecule has 0 spiro atoms. The van der Waals surface area contributed by atoms with Crippen LogP contribution in [0.3, 0.4) is 0 Å². The number of rotatable bonds is 8. The highest BCUT2D eigenvalue weighted by atomic mass is 35.5. The molecule has 8 rings (SSSR count). The first-order chi connectivity index (χ1) is 25.7. The van der Waals surface area contributed by atoms with Gasteiger partial charge in [-0.05, 0) is 106 Å². The fourth-order valence-corrected chi connectivity index (χ4v) is 8.87. The maximum Gasteiger partial charge on any atom is 0.329 e. The Morgan fingerprint density at radius 1 is 1.00 bits per heavy atom. The van der Waals surface area contributed by atoms with Crippen molar-refractivity contribution in [2.75, 3.05) is 32.1 Å². The van der Waals surface area contributed by atoms with E-state index in [9.17, 15) is 19.2 Å². The first-order valence-corrected chi connectivity index (χ1v) is 18.8. The largest absolute Gasteiger partial charge is 0.496 e. The summed E-state index contributed by atoms with van der Waals surface area (Å²) in [7, 11) is 3.42. The predicted octanol–water partition coefficient (Wildman–Crippen LogP) is 5.59. The zero-order valence-corrected chi connectivity index (χ0v) is 30.6. The summed E-state index contributed by atoms with van der Waals surface area (Å²) in [6.45, 7) is 2.99. The zero-order chi connectivity index (χ0) is 36.8. The van der Waals surface area contributed by atoms with Crippen LogP contribution in [-0.4, -0.2) is 73.3 Å². The van der Waals surface area contributed by atoms with Gasteiger partial charge in [0.1, 0.15) is 11.8 Å². The van der Waals surface area contributed by atoms with Crippen molar-refractivity contribution in [2.45, 2.75) is 69.4 Å². The van der Waals surface area contributed by atoms with Crippen molar-refractivity contribution >= 4 is 56.9 Å². The van der Waals surface area contributed by atoms with Gasteiger partial charge in [-0.15, -0.1) is 0 Å². The number of carbonyl (C=O) groups excluding carboxylic acids is 3. The van der Waals surface area contributed by atoms with Gasteiger partial charge in [-0.25, -0.2) is 4.79 Å². The maximum atomic E-state index is 13.6. The number of hydrogen-bond donors (Lipinski definition) is 2. The molecule has 13 nitrogen and oxygen atoms in total. The number of anilines is 1. The van der Waals surface area contributed by atoms with Crippen LogP contribution < -0.4 is 21.1 Å². The quantitative estimate of drug-likeness (QED) is 0.196. The van der Waals surface area contributed by atoms with E-state index < -0.39 is 11.9 Å². The smallest absolute Gasteiger partial charge is 0.329 e. The Kier molecular flexibility index (Phi) is 9.54. The molecule has 2 N–H and O–H groups in total. The molecule has 1 aliphatic carbocycles. The van der Waals surface area contributed by atoms with Crippen LogP contribution in [0.15, 0.2) is 59.8 Å². The molecule has 3 fully saturated rings. The second kappa shape index (κ2) is 14.4. The molecule has 1 atom stereocenters. The molecule has 14 heteroatoms. The van der Waals surface area contributed by atoms with Crippen LogP contribution >= 0.6 is 11.6 Å². The van der Waals surface area contributed by atoms with Gasteiger partial charge in [-0.2, -0.15) is 5.10 Å². The van der Waals surface area contributed by atoms with Gasteiger partial charge in [0, 0.05) is 55.2 Å². The van der Waals surface area contributed by atoms with Crippen LogP contribution in [0, 0.1) is 5.92 Å². The monoisotopic (exact) mass is 738 g/mol. The van der Waals surface area contributed by atoms with Gasteiger partial charge in [-0.3, -0.25) is 38.5 Å². The summed E-state index contributed by atoms with van der Waals surface area (Å²) in [4.78, 5) is 57.5. The summed E-state index contributed by atoms with van der Waals surface area (Å²) < 4.78 is 11.2. The van der Waals surface area contributed by atoms with Crippen molar-refractivity contribution < 1.29 is 19.1 Å². The number of carbonyl (C=O) groups is 3. The lowest BCUT2D eigenvalue weighted by Crippen LogP contribution is -2.44. The second-order valence-corrected chi connectivity index (χ2v) is 15.1. The third kappa shape index (κ3) is 6.83. The van der Waals surface area contributed by atoms with Crippen molar-refractivity contribution in [3.8, 4) is 5.75 Å². The SMILES string of the molecule is COc1ccc2c(c1C1CCN(C[C@H]3CC[C@H](n4cc5cc(NC(=O)c6cncc(Cl)c6)ccc5n4)CC3)CC1)n(C)c(=O)n2C1CCC(=O)NC1=O. The average Bonchev–Trinajstić information content (AvgIpc) is 3.69. The number of pyridine rings is 1. The average molecular weight is 739 g/mol. The molecular weight excluding hydrogens is 696 g/mol. The van der Waals surface area contributed by atoms with E-state index in [2.05, 4.69) is 31.4 Å². The zero-order valence-electron chi connectivity index (χ0n) is 29.9. The van der Waals surface area contributed by atoms with Crippen LogP contribution in [-0.2, 0) is 16.6 Å². The molecule has 2 saturated heterocycles. The minimum absolute atomic E-state index is 0.205. The molecule has 5 heterocycles. The molecule has 3 aromatic heterocycles. The summed E-state index contributed by atoms with van der Waals surface area (Å²) in [5.74, 6) is 0.588. The third-order valence-electron chi connectivity index (χ3n) is 11.4. The van der Waals surface area contributed by atoms with Crippen molar-refractivity contribution in [3.63, 3.8) is 0 Å². The molecule has 2 aromatic carbocycles. The fourth-order valence-electron chi connectivity index (χ4n) is 8.70. The number of ether oxygens (including phenoxy) is 1. The Balaban J connectivity index is 0.887. The van der Waals surface area contributed by atoms with Gasteiger partial charge in [0.2, 0.25) is 11.8 Å². The number of benzene rings is 2. The molecule has 5 aromatic rings. The number of nitrogens with zero attached hydrogens (tertiary/aromatic N) is 6. The number of fused-ring (bicyclic) bond motifs is 2. The number of imide groups is 1. The molecule has 1 saturated carbocycles. The van der Waals surface area contributed by atoms with E-state index in [0.29, 0.717) is 40.2 Å². The molecule has 276 valence electrons. The lowest BCUT2D eigenvalue weighted by molar-refractivity contribution is -0.135. The van der Waals surface area contributed by atoms with E-state index >= 15 is 0 Å². The summed E-state index contributed by atoms with van der Waals surface area (Å²) >= 11 is 6.01. The van der Waals surface area contributed by atoms with E-state index in [1.807, 2.05) is 30.3 Å². The molecule has 3 amide bonds. The number of nitrogens with one attached hydrogen (secondary N) is 2. The molecule has 0 radical (unpaired) electrons. The van der Waals surface area contributed by atoms with E-state index in [0.717, 1.165) is 85.9 Å². The number of piperidine rings is 2. The van der Waals surface area contributed by atoms with Crippen LogP contribution in [0.25, 0.3) is 21.9 Å². The van der Waals surface area contributed by atoms with E-state index in [-0.39, 0.29) is 29.8 Å². The number of imidazole rings is 1. The highest BCUT2D eigenvalue weighted by Crippen LogP contribution is 2.41. The van der Waals surface area contributed by atoms with Crippen LogP contribution in [0.5, 0.6) is 5.75 Å². The number of aromatic nitrogens is 5. The molecule has 53 heavy (non-hydrogen) atoms. The number of aryl methyl sites for hydroxylation is 1. The van der Waals surface area contributed by atoms with Gasteiger partial charge >= 0.3 is 5.69 Å². The normalized spacial score (nSPS) is 21.6. The van der Waals surface area contributed by atoms with Crippen LogP contribution in [0.4, 0.5) is 5.69 Å². The molecular formula is C39H43ClN8O5. The Labute approximate surface area is 311 Å². The van der Waals surface area contributed by atoms with E-state index in [1.54, 1.807) is 29.4 Å². The Bertz CT molecular complexity index is 2280. The summed E-state index contributed by atoms with van der Waals surface area (Å²) in [6.07, 6.45) is 11.9. The summed E-state index contributed by atoms with van der Waals surface area (Å²) in [6, 6.07) is 10.7. The standard InChI is InChI=1S/C39H43ClN8O5/c1-45-36-31(48(39(45)52)32-10-12-34(49)43-38(32)51)9-11-33(53-2)35(36)24-13-15-46(16-14-24)21-23-3-6-29(7-4-23)47-22-26-18-28(5-8-30(26)44-47)42-37(50)25-17-27(40)20-41-19-25/h5,8-9,11,17-20,22-24,29,32H,3-4,6-7,10,12-16,21H2,1-2H3,(H,42,50)(H,43,49,51)/t23-,29-,32?. The van der Waals surface area contributed by atoms with Crippen LogP contribution in [0.1, 0.15) is 85.3 Å². The summed E-state index contributed by atoms with van der Waals surface area (Å²) in [5, 5.41) is 11.6. The Hall–Kier alpha value is -5.01. The number of methoxy groups -OCH3 is 1. The number of likely N-dealkylation sites (tertiary alicyclic amines) is 1. The van der Waals surface area contributed by atoms with Gasteiger partial charge in [0.05, 0.1) is 40.3 Å². The highest BCUT2D eigenvalue weighted by Gasteiger charge is 2.34. The minimum Gasteiger partial charge on any atom is -0.496 e. The predicted molar refractivity (Wildman–Crippen MR) is 201 cm³/mol.